The largest absolute Gasteiger partial charge is 0.383 e. The molecule has 0 unspecified atom stereocenters. The van der Waals surface area contributed by atoms with Gasteiger partial charge in [0.25, 0.3) is 0 Å². The highest BCUT2D eigenvalue weighted by atomic mass is 35.5. The maximum Gasteiger partial charge on any atom is 0.132 e. The van der Waals surface area contributed by atoms with Crippen LogP contribution in [-0.4, -0.2) is 9.55 Å². The molecule has 0 saturated carbocycles. The number of hydrogen-bond acceptors (Lipinski definition) is 2. The summed E-state index contributed by atoms with van der Waals surface area (Å²) in [6.07, 6.45) is 0. The molecule has 0 radical (unpaired) electrons. The number of nitrogens with two attached hydrogens (primary N) is 1. The molecule has 0 spiro atoms. The van der Waals surface area contributed by atoms with Crippen molar-refractivity contribution in [3.05, 3.63) is 34.9 Å². The lowest BCUT2D eigenvalue weighted by atomic mass is 10.1. The van der Waals surface area contributed by atoms with Gasteiger partial charge in [-0.25, -0.2) is 9.37 Å². The molecule has 5 heteroatoms. The highest BCUT2D eigenvalue weighted by Gasteiger charge is 2.26. The van der Waals surface area contributed by atoms with Crippen molar-refractivity contribution in [2.45, 2.75) is 46.1 Å². The van der Waals surface area contributed by atoms with Crippen molar-refractivity contribution >= 4 is 17.4 Å². The molecule has 1 aromatic carbocycles. The number of hydrogen-bond donors (Lipinski definition) is 1. The number of benzene rings is 1. The van der Waals surface area contributed by atoms with Gasteiger partial charge < -0.3 is 10.3 Å². The van der Waals surface area contributed by atoms with Crippen LogP contribution in [0.1, 0.15) is 46.4 Å². The third kappa shape index (κ3) is 3.05. The van der Waals surface area contributed by atoms with E-state index in [1.165, 1.54) is 12.1 Å². The van der Waals surface area contributed by atoms with Gasteiger partial charge in [-0.15, -0.1) is 0 Å². The third-order valence-corrected chi connectivity index (χ3v) is 3.48. The van der Waals surface area contributed by atoms with Gasteiger partial charge in [0.1, 0.15) is 23.2 Å². The smallest absolute Gasteiger partial charge is 0.132 e. The van der Waals surface area contributed by atoms with Gasteiger partial charge in [0.05, 0.1) is 0 Å². The highest BCUT2D eigenvalue weighted by molar-refractivity contribution is 6.30. The van der Waals surface area contributed by atoms with Gasteiger partial charge in [-0.3, -0.25) is 0 Å². The standard InChI is InChI=1S/C16H21ClFN3/c1-9(2)15-20-13(14(19)21(15)16(3,4)5)10-6-11(17)8-12(18)7-10/h6-9H,19H2,1-5H3. The van der Waals surface area contributed by atoms with E-state index in [0.717, 1.165) is 5.82 Å². The number of nitrogen functional groups attached to an aromatic ring is 1. The quantitative estimate of drug-likeness (QED) is 0.865. The second-order valence-corrected chi connectivity index (χ2v) is 6.96. The third-order valence-electron chi connectivity index (χ3n) is 3.26. The van der Waals surface area contributed by atoms with E-state index >= 15 is 0 Å². The van der Waals surface area contributed by atoms with E-state index in [1.54, 1.807) is 6.07 Å². The molecule has 1 heterocycles. The van der Waals surface area contributed by atoms with Crippen LogP contribution in [0.4, 0.5) is 10.2 Å². The summed E-state index contributed by atoms with van der Waals surface area (Å²) in [6.45, 7) is 10.3. The van der Waals surface area contributed by atoms with Crippen LogP contribution in [0.2, 0.25) is 5.02 Å². The predicted molar refractivity (Wildman–Crippen MR) is 86.1 cm³/mol. The number of halogens is 2. The molecule has 0 saturated heterocycles. The lowest BCUT2D eigenvalue weighted by molar-refractivity contribution is 0.382. The average Bonchev–Trinajstić information content (AvgIpc) is 2.65. The minimum Gasteiger partial charge on any atom is -0.383 e. The molecule has 1 aromatic heterocycles. The van der Waals surface area contributed by atoms with Gasteiger partial charge in [0, 0.05) is 22.0 Å². The predicted octanol–water partition coefficient (Wildman–Crippen LogP) is 4.80. The molecule has 0 aliphatic carbocycles. The van der Waals surface area contributed by atoms with Crippen LogP contribution >= 0.6 is 11.6 Å². The molecular formula is C16H21ClFN3. The summed E-state index contributed by atoms with van der Waals surface area (Å²) in [5.41, 5.74) is 7.27. The lowest BCUT2D eigenvalue weighted by Crippen LogP contribution is -2.26. The van der Waals surface area contributed by atoms with E-state index in [9.17, 15) is 4.39 Å². The highest BCUT2D eigenvalue weighted by Crippen LogP contribution is 2.35. The van der Waals surface area contributed by atoms with Gasteiger partial charge in [0.15, 0.2) is 0 Å². The summed E-state index contributed by atoms with van der Waals surface area (Å²) in [4.78, 5) is 4.64. The second-order valence-electron chi connectivity index (χ2n) is 6.52. The summed E-state index contributed by atoms with van der Waals surface area (Å²) >= 11 is 5.94. The van der Waals surface area contributed by atoms with E-state index in [4.69, 9.17) is 17.3 Å². The lowest BCUT2D eigenvalue weighted by Gasteiger charge is -2.26. The van der Waals surface area contributed by atoms with E-state index in [0.29, 0.717) is 22.1 Å². The van der Waals surface area contributed by atoms with E-state index in [2.05, 4.69) is 39.6 Å². The summed E-state index contributed by atoms with van der Waals surface area (Å²) in [7, 11) is 0. The first-order valence-corrected chi connectivity index (χ1v) is 7.34. The first kappa shape index (κ1) is 15.8. The van der Waals surface area contributed by atoms with Crippen LogP contribution in [0.25, 0.3) is 11.3 Å². The van der Waals surface area contributed by atoms with Crippen molar-refractivity contribution in [3.63, 3.8) is 0 Å². The van der Waals surface area contributed by atoms with Crippen LogP contribution in [0.3, 0.4) is 0 Å². The van der Waals surface area contributed by atoms with Crippen LogP contribution in [0, 0.1) is 5.82 Å². The molecule has 0 fully saturated rings. The zero-order valence-corrected chi connectivity index (χ0v) is 13.8. The molecule has 2 N–H and O–H groups in total. The van der Waals surface area contributed by atoms with Crippen LogP contribution in [0.5, 0.6) is 0 Å². The Morgan fingerprint density at radius 3 is 2.29 bits per heavy atom. The van der Waals surface area contributed by atoms with E-state index in [-0.39, 0.29) is 11.5 Å². The maximum absolute atomic E-state index is 13.6. The van der Waals surface area contributed by atoms with E-state index in [1.807, 2.05) is 4.57 Å². The molecular weight excluding hydrogens is 289 g/mol. The molecule has 0 bridgehead atoms. The summed E-state index contributed by atoms with van der Waals surface area (Å²) in [6, 6.07) is 4.35. The molecule has 0 amide bonds. The molecule has 0 aliphatic heterocycles. The number of nitrogens with zero attached hydrogens (tertiary/aromatic N) is 2. The Labute approximate surface area is 129 Å². The van der Waals surface area contributed by atoms with Gasteiger partial charge in [-0.05, 0) is 39.0 Å². The van der Waals surface area contributed by atoms with Crippen LogP contribution < -0.4 is 5.73 Å². The van der Waals surface area contributed by atoms with Crippen molar-refractivity contribution < 1.29 is 4.39 Å². The molecule has 114 valence electrons. The summed E-state index contributed by atoms with van der Waals surface area (Å²) < 4.78 is 15.6. The van der Waals surface area contributed by atoms with Crippen molar-refractivity contribution in [1.82, 2.24) is 9.55 Å². The Morgan fingerprint density at radius 2 is 1.86 bits per heavy atom. The normalized spacial score (nSPS) is 12.2. The SMILES string of the molecule is CC(C)c1nc(-c2cc(F)cc(Cl)c2)c(N)n1C(C)(C)C. The van der Waals surface area contributed by atoms with Crippen molar-refractivity contribution in [3.8, 4) is 11.3 Å². The topological polar surface area (TPSA) is 43.8 Å². The maximum atomic E-state index is 13.6. The van der Waals surface area contributed by atoms with Gasteiger partial charge in [0.2, 0.25) is 0 Å². The van der Waals surface area contributed by atoms with Crippen LogP contribution in [-0.2, 0) is 5.54 Å². The molecule has 21 heavy (non-hydrogen) atoms. The first-order chi connectivity index (χ1) is 9.61. The minimum absolute atomic E-state index is 0.202. The Kier molecular flexibility index (Phi) is 4.02. The van der Waals surface area contributed by atoms with Gasteiger partial charge in [-0.2, -0.15) is 0 Å². The zero-order valence-electron chi connectivity index (χ0n) is 13.0. The number of imidazole rings is 1. The fourth-order valence-electron chi connectivity index (χ4n) is 2.45. The molecule has 0 atom stereocenters. The molecule has 2 rings (SSSR count). The van der Waals surface area contributed by atoms with Crippen molar-refractivity contribution in [2.75, 3.05) is 5.73 Å². The monoisotopic (exact) mass is 309 g/mol. The van der Waals surface area contributed by atoms with Crippen LogP contribution in [0.15, 0.2) is 18.2 Å². The number of aromatic nitrogens is 2. The van der Waals surface area contributed by atoms with Gasteiger partial charge >= 0.3 is 0 Å². The fraction of sp³-hybridized carbons (Fsp3) is 0.438. The second kappa shape index (κ2) is 5.34. The molecule has 3 nitrogen and oxygen atoms in total. The van der Waals surface area contributed by atoms with Crippen molar-refractivity contribution in [2.24, 2.45) is 0 Å². The van der Waals surface area contributed by atoms with E-state index < -0.39 is 5.82 Å². The molecule has 2 aromatic rings. The van der Waals surface area contributed by atoms with Gasteiger partial charge in [-0.1, -0.05) is 25.4 Å². The van der Waals surface area contributed by atoms with Crippen molar-refractivity contribution in [1.29, 1.82) is 0 Å². The summed E-state index contributed by atoms with van der Waals surface area (Å²) in [5.74, 6) is 1.24. The Hall–Kier alpha value is -1.55. The number of anilines is 1. The number of rotatable bonds is 2. The first-order valence-electron chi connectivity index (χ1n) is 6.96. The summed E-state index contributed by atoms with van der Waals surface area (Å²) in [5, 5.41) is 0.334. The average molecular weight is 310 g/mol. The Bertz CT molecular complexity index is 649. The molecule has 0 aliphatic rings. The Morgan fingerprint density at radius 1 is 1.24 bits per heavy atom. The fourth-order valence-corrected chi connectivity index (χ4v) is 2.67. The minimum atomic E-state index is -0.395. The Balaban J connectivity index is 2.71. The zero-order chi connectivity index (χ0) is 15.9.